The SMILES string of the molecule is CCC([O])CN(CC)CC. The fourth-order valence-electron chi connectivity index (χ4n) is 0.899. The third-order valence-electron chi connectivity index (χ3n) is 1.81. The smallest absolute Gasteiger partial charge is 0.105 e. The first-order valence-corrected chi connectivity index (χ1v) is 4.12. The molecular weight excluding hydrogens is 126 g/mol. The molecule has 0 aliphatic carbocycles. The van der Waals surface area contributed by atoms with Crippen molar-refractivity contribution in [2.75, 3.05) is 19.6 Å². The summed E-state index contributed by atoms with van der Waals surface area (Å²) in [5, 5.41) is 11.0. The Morgan fingerprint density at radius 2 is 1.70 bits per heavy atom. The molecule has 0 heterocycles. The maximum Gasteiger partial charge on any atom is 0.105 e. The molecule has 0 aromatic heterocycles. The van der Waals surface area contributed by atoms with Crippen LogP contribution in [0.3, 0.4) is 0 Å². The lowest BCUT2D eigenvalue weighted by atomic mass is 10.2. The first kappa shape index (κ1) is 9.92. The molecule has 2 nitrogen and oxygen atoms in total. The highest BCUT2D eigenvalue weighted by molar-refractivity contribution is 4.59. The molecule has 2 heteroatoms. The van der Waals surface area contributed by atoms with Crippen LogP contribution in [0.2, 0.25) is 0 Å². The molecule has 1 radical (unpaired) electrons. The van der Waals surface area contributed by atoms with E-state index >= 15 is 0 Å². The van der Waals surface area contributed by atoms with Gasteiger partial charge in [0.05, 0.1) is 0 Å². The normalized spacial score (nSPS) is 14.1. The van der Waals surface area contributed by atoms with Gasteiger partial charge in [-0.2, -0.15) is 0 Å². The molecule has 1 unspecified atom stereocenters. The number of nitrogens with zero attached hydrogens (tertiary/aromatic N) is 1. The van der Waals surface area contributed by atoms with Crippen molar-refractivity contribution in [2.45, 2.75) is 33.3 Å². The molecule has 10 heavy (non-hydrogen) atoms. The largest absolute Gasteiger partial charge is 0.301 e. The van der Waals surface area contributed by atoms with E-state index in [1.54, 1.807) is 0 Å². The standard InChI is InChI=1S/C8H18NO/c1-4-8(10)7-9(5-2)6-3/h8H,4-7H2,1-3H3. The van der Waals surface area contributed by atoms with Crippen LogP contribution in [0.5, 0.6) is 0 Å². The van der Waals surface area contributed by atoms with Gasteiger partial charge >= 0.3 is 0 Å². The van der Waals surface area contributed by atoms with E-state index in [-0.39, 0.29) is 6.10 Å². The molecule has 0 N–H and O–H groups in total. The van der Waals surface area contributed by atoms with Gasteiger partial charge in [0.25, 0.3) is 0 Å². The van der Waals surface area contributed by atoms with Crippen LogP contribution < -0.4 is 0 Å². The molecule has 0 aliphatic heterocycles. The lowest BCUT2D eigenvalue weighted by molar-refractivity contribution is 0.0510. The molecule has 0 aromatic rings. The van der Waals surface area contributed by atoms with Crippen molar-refractivity contribution >= 4 is 0 Å². The molecule has 0 spiro atoms. The molecule has 0 fully saturated rings. The molecular formula is C8H18NO. The van der Waals surface area contributed by atoms with E-state index in [2.05, 4.69) is 18.7 Å². The van der Waals surface area contributed by atoms with Crippen molar-refractivity contribution in [3.8, 4) is 0 Å². The van der Waals surface area contributed by atoms with Crippen LogP contribution in [0.1, 0.15) is 27.2 Å². The summed E-state index contributed by atoms with van der Waals surface area (Å²) in [7, 11) is 0. The van der Waals surface area contributed by atoms with E-state index in [1.165, 1.54) is 0 Å². The maximum atomic E-state index is 11.0. The zero-order valence-electron chi connectivity index (χ0n) is 7.26. The monoisotopic (exact) mass is 144 g/mol. The van der Waals surface area contributed by atoms with E-state index in [1.807, 2.05) is 6.92 Å². The third kappa shape index (κ3) is 3.85. The number of hydrogen-bond donors (Lipinski definition) is 0. The maximum absolute atomic E-state index is 11.0. The Kier molecular flexibility index (Phi) is 5.64. The van der Waals surface area contributed by atoms with E-state index in [4.69, 9.17) is 0 Å². The molecule has 0 aromatic carbocycles. The number of rotatable bonds is 5. The van der Waals surface area contributed by atoms with Crippen molar-refractivity contribution in [3.63, 3.8) is 0 Å². The molecule has 0 aliphatic rings. The number of hydrogen-bond acceptors (Lipinski definition) is 1. The fourth-order valence-corrected chi connectivity index (χ4v) is 0.899. The fraction of sp³-hybridized carbons (Fsp3) is 1.00. The van der Waals surface area contributed by atoms with E-state index in [0.717, 1.165) is 19.5 Å². The van der Waals surface area contributed by atoms with E-state index in [9.17, 15) is 5.11 Å². The zero-order valence-corrected chi connectivity index (χ0v) is 7.26. The second-order valence-electron chi connectivity index (χ2n) is 2.52. The summed E-state index contributed by atoms with van der Waals surface area (Å²) < 4.78 is 0. The molecule has 0 rings (SSSR count). The van der Waals surface area contributed by atoms with Gasteiger partial charge in [-0.3, -0.25) is 0 Å². The van der Waals surface area contributed by atoms with E-state index in [0.29, 0.717) is 6.54 Å². The van der Waals surface area contributed by atoms with Crippen molar-refractivity contribution in [1.29, 1.82) is 0 Å². The first-order chi connectivity index (χ1) is 4.74. The van der Waals surface area contributed by atoms with Gasteiger partial charge < -0.3 is 4.90 Å². The Morgan fingerprint density at radius 3 is 2.00 bits per heavy atom. The van der Waals surface area contributed by atoms with Crippen LogP contribution >= 0.6 is 0 Å². The Balaban J connectivity index is 3.41. The molecule has 61 valence electrons. The van der Waals surface area contributed by atoms with Crippen LogP contribution in [0.25, 0.3) is 0 Å². The van der Waals surface area contributed by atoms with Gasteiger partial charge in [0.15, 0.2) is 0 Å². The summed E-state index contributed by atoms with van der Waals surface area (Å²) in [4.78, 5) is 2.17. The quantitative estimate of drug-likeness (QED) is 0.574. The van der Waals surface area contributed by atoms with Crippen LogP contribution in [-0.4, -0.2) is 30.6 Å². The Bertz CT molecular complexity index is 71.7. The zero-order chi connectivity index (χ0) is 7.98. The summed E-state index contributed by atoms with van der Waals surface area (Å²) >= 11 is 0. The third-order valence-corrected chi connectivity index (χ3v) is 1.81. The average molecular weight is 144 g/mol. The van der Waals surface area contributed by atoms with Gasteiger partial charge in [-0.25, -0.2) is 5.11 Å². The van der Waals surface area contributed by atoms with Crippen molar-refractivity contribution in [2.24, 2.45) is 0 Å². The average Bonchev–Trinajstić information content (AvgIpc) is 1.99. The van der Waals surface area contributed by atoms with Gasteiger partial charge in [0, 0.05) is 6.54 Å². The van der Waals surface area contributed by atoms with Crippen LogP contribution in [0.15, 0.2) is 0 Å². The Labute approximate surface area is 63.8 Å². The topological polar surface area (TPSA) is 23.1 Å². The summed E-state index contributed by atoms with van der Waals surface area (Å²) in [6.07, 6.45) is 0.358. The molecule has 0 saturated carbocycles. The predicted octanol–water partition coefficient (Wildman–Crippen LogP) is 1.54. The predicted molar refractivity (Wildman–Crippen MR) is 42.6 cm³/mol. The van der Waals surface area contributed by atoms with Crippen LogP contribution in [0, 0.1) is 0 Å². The molecule has 1 atom stereocenters. The highest BCUT2D eigenvalue weighted by Gasteiger charge is 2.06. The van der Waals surface area contributed by atoms with Gasteiger partial charge in [0.1, 0.15) is 6.10 Å². The minimum Gasteiger partial charge on any atom is -0.301 e. The van der Waals surface area contributed by atoms with Gasteiger partial charge in [-0.15, -0.1) is 0 Å². The summed E-state index contributed by atoms with van der Waals surface area (Å²) in [5.41, 5.74) is 0. The Hall–Kier alpha value is -0.0800. The second-order valence-corrected chi connectivity index (χ2v) is 2.52. The van der Waals surface area contributed by atoms with Crippen molar-refractivity contribution in [1.82, 2.24) is 4.90 Å². The summed E-state index contributed by atoms with van der Waals surface area (Å²) in [5.74, 6) is 0. The first-order valence-electron chi connectivity index (χ1n) is 4.12. The van der Waals surface area contributed by atoms with Gasteiger partial charge in [-0.05, 0) is 19.5 Å². The highest BCUT2D eigenvalue weighted by Crippen LogP contribution is 1.95. The van der Waals surface area contributed by atoms with Gasteiger partial charge in [0.2, 0.25) is 0 Å². The molecule has 0 amide bonds. The van der Waals surface area contributed by atoms with Crippen molar-refractivity contribution in [3.05, 3.63) is 0 Å². The highest BCUT2D eigenvalue weighted by atomic mass is 16.3. The van der Waals surface area contributed by atoms with Crippen LogP contribution in [0.4, 0.5) is 0 Å². The minimum absolute atomic E-state index is 0.389. The van der Waals surface area contributed by atoms with Crippen LogP contribution in [-0.2, 0) is 5.11 Å². The molecule has 0 bridgehead atoms. The summed E-state index contributed by atoms with van der Waals surface area (Å²) in [6.45, 7) is 8.83. The van der Waals surface area contributed by atoms with Gasteiger partial charge in [-0.1, -0.05) is 20.8 Å². The molecule has 0 saturated heterocycles. The van der Waals surface area contributed by atoms with Crippen molar-refractivity contribution < 1.29 is 5.11 Å². The minimum atomic E-state index is -0.389. The number of likely N-dealkylation sites (N-methyl/N-ethyl adjacent to an activating group) is 1. The lowest BCUT2D eigenvalue weighted by Crippen LogP contribution is -2.31. The summed E-state index contributed by atoms with van der Waals surface area (Å²) in [6, 6.07) is 0. The van der Waals surface area contributed by atoms with E-state index < -0.39 is 0 Å². The Morgan fingerprint density at radius 1 is 1.20 bits per heavy atom. The second kappa shape index (κ2) is 5.69. The lowest BCUT2D eigenvalue weighted by Gasteiger charge is -2.19.